The van der Waals surface area contributed by atoms with Gasteiger partial charge in [-0.1, -0.05) is 24.3 Å². The fourth-order valence-electron chi connectivity index (χ4n) is 2.20. The minimum absolute atomic E-state index is 0.108. The molecule has 0 fully saturated rings. The molecule has 1 aromatic carbocycles. The van der Waals surface area contributed by atoms with Crippen molar-refractivity contribution in [2.24, 2.45) is 5.84 Å². The molecule has 3 N–H and O–H groups in total. The van der Waals surface area contributed by atoms with Gasteiger partial charge < -0.3 is 5.43 Å². The highest BCUT2D eigenvalue weighted by atomic mass is 19.4. The van der Waals surface area contributed by atoms with Crippen LogP contribution in [0.4, 0.5) is 36.6 Å². The molecule has 3 rings (SSSR count). The van der Waals surface area contributed by atoms with E-state index in [0.717, 1.165) is 0 Å². The number of anilines is 1. The van der Waals surface area contributed by atoms with Crippen molar-refractivity contribution >= 4 is 22.2 Å². The largest absolute Gasteiger partial charge is 0.460 e. The molecule has 0 bridgehead atoms. The first kappa shape index (κ1) is 17.1. The number of nitrogens with two attached hydrogens (primary N) is 1. The van der Waals surface area contributed by atoms with Gasteiger partial charge in [0.25, 0.3) is 0 Å². The van der Waals surface area contributed by atoms with Gasteiger partial charge >= 0.3 is 18.0 Å². The minimum atomic E-state index is -6.51. The van der Waals surface area contributed by atoms with Crippen LogP contribution in [-0.4, -0.2) is 31.9 Å². The van der Waals surface area contributed by atoms with Crippen LogP contribution in [0, 0.1) is 0 Å². The van der Waals surface area contributed by atoms with Gasteiger partial charge in [0.2, 0.25) is 5.82 Å². The number of rotatable bonds is 3. The van der Waals surface area contributed by atoms with Gasteiger partial charge in [0.05, 0.1) is 0 Å². The summed E-state index contributed by atoms with van der Waals surface area (Å²) >= 11 is 0. The Kier molecular flexibility index (Phi) is 3.53. The highest BCUT2D eigenvalue weighted by Crippen LogP contribution is 2.51. The number of alkyl halides is 7. The number of halogens is 7. The van der Waals surface area contributed by atoms with Gasteiger partial charge in [-0.2, -0.15) is 35.2 Å². The van der Waals surface area contributed by atoms with Crippen LogP contribution in [0.2, 0.25) is 0 Å². The van der Waals surface area contributed by atoms with E-state index in [2.05, 4.69) is 20.7 Å². The Hall–Kier alpha value is -2.70. The van der Waals surface area contributed by atoms with E-state index in [4.69, 9.17) is 5.84 Å². The summed E-state index contributed by atoms with van der Waals surface area (Å²) in [4.78, 5) is 0. The normalized spacial score (nSPS) is 13.6. The topological polar surface area (TPSA) is 81.1 Å². The van der Waals surface area contributed by atoms with Gasteiger partial charge in [-0.25, -0.2) is 5.84 Å². The van der Waals surface area contributed by atoms with Gasteiger partial charge in [-0.15, -0.1) is 15.3 Å². The van der Waals surface area contributed by atoms with Crippen molar-refractivity contribution in [1.82, 2.24) is 19.8 Å². The van der Waals surface area contributed by atoms with Crippen molar-refractivity contribution in [1.29, 1.82) is 0 Å². The molecule has 0 spiro atoms. The highest BCUT2D eigenvalue weighted by molar-refractivity contribution is 5.99. The molecule has 13 heteroatoms. The molecule has 0 saturated heterocycles. The molecule has 2 heterocycles. The molecule has 0 unspecified atom stereocenters. The number of nitrogen functional groups attached to an aromatic ring is 1. The first-order chi connectivity index (χ1) is 11.5. The van der Waals surface area contributed by atoms with E-state index >= 15 is 0 Å². The summed E-state index contributed by atoms with van der Waals surface area (Å²) in [5.74, 6) is -9.10. The van der Waals surface area contributed by atoms with E-state index in [1.165, 1.54) is 18.2 Å². The molecule has 134 valence electrons. The molecule has 0 aliphatic rings. The second-order valence-electron chi connectivity index (χ2n) is 4.94. The molecule has 0 atom stereocenters. The standard InChI is InChI=1S/C12H7F7N6/c13-10(14,11(15,16)12(17,18)19)9-23-22-8-6-4-2-1-3-5(6)7(21-20)24-25(8)9/h1-4H,20H2,(H,21,24). The molecule has 0 amide bonds. The third-order valence-electron chi connectivity index (χ3n) is 3.43. The number of hydrogen-bond acceptors (Lipinski definition) is 5. The summed E-state index contributed by atoms with van der Waals surface area (Å²) in [5.41, 5.74) is 1.63. The van der Waals surface area contributed by atoms with Gasteiger partial charge in [0.15, 0.2) is 11.5 Å². The summed E-state index contributed by atoms with van der Waals surface area (Å²) in [5, 5.41) is 10.0. The smallest absolute Gasteiger partial charge is 0.307 e. The van der Waals surface area contributed by atoms with Crippen molar-refractivity contribution in [3.63, 3.8) is 0 Å². The van der Waals surface area contributed by atoms with E-state index in [1.54, 1.807) is 6.07 Å². The lowest BCUT2D eigenvalue weighted by Crippen LogP contribution is -2.51. The van der Waals surface area contributed by atoms with Gasteiger partial charge in [0, 0.05) is 10.8 Å². The first-order valence-electron chi connectivity index (χ1n) is 6.46. The summed E-state index contributed by atoms with van der Waals surface area (Å²) in [7, 11) is 0. The lowest BCUT2D eigenvalue weighted by Gasteiger charge is -2.26. The van der Waals surface area contributed by atoms with Crippen molar-refractivity contribution in [3.05, 3.63) is 30.1 Å². The van der Waals surface area contributed by atoms with Crippen LogP contribution in [0.1, 0.15) is 5.82 Å². The molecule has 0 radical (unpaired) electrons. The molecular formula is C12H7F7N6. The van der Waals surface area contributed by atoms with Gasteiger partial charge in [0.1, 0.15) is 0 Å². The van der Waals surface area contributed by atoms with Crippen LogP contribution in [0.25, 0.3) is 16.4 Å². The average molecular weight is 368 g/mol. The highest BCUT2D eigenvalue weighted by Gasteiger charge is 2.75. The zero-order valence-electron chi connectivity index (χ0n) is 11.8. The summed E-state index contributed by atoms with van der Waals surface area (Å²) in [6.07, 6.45) is -6.51. The quantitative estimate of drug-likeness (QED) is 0.422. The van der Waals surface area contributed by atoms with Gasteiger partial charge in [-0.3, -0.25) is 0 Å². The molecule has 25 heavy (non-hydrogen) atoms. The Morgan fingerprint density at radius 3 is 2.08 bits per heavy atom. The van der Waals surface area contributed by atoms with Crippen LogP contribution < -0.4 is 11.3 Å². The lowest BCUT2D eigenvalue weighted by atomic mass is 10.1. The van der Waals surface area contributed by atoms with Crippen LogP contribution >= 0.6 is 0 Å². The fourth-order valence-corrected chi connectivity index (χ4v) is 2.20. The summed E-state index contributed by atoms with van der Waals surface area (Å²) in [6.45, 7) is 0. The number of nitrogens with one attached hydrogen (secondary N) is 1. The third kappa shape index (κ3) is 2.26. The lowest BCUT2D eigenvalue weighted by molar-refractivity contribution is -0.361. The molecule has 0 saturated carbocycles. The monoisotopic (exact) mass is 368 g/mol. The number of nitrogens with zero attached hydrogens (tertiary/aromatic N) is 4. The number of hydrogen-bond donors (Lipinski definition) is 2. The van der Waals surface area contributed by atoms with Crippen LogP contribution in [0.5, 0.6) is 0 Å². The van der Waals surface area contributed by atoms with E-state index < -0.39 is 29.5 Å². The maximum atomic E-state index is 13.9. The van der Waals surface area contributed by atoms with E-state index in [-0.39, 0.29) is 21.1 Å². The molecule has 0 aliphatic carbocycles. The van der Waals surface area contributed by atoms with E-state index in [9.17, 15) is 30.7 Å². The predicted octanol–water partition coefficient (Wildman–Crippen LogP) is 2.85. The van der Waals surface area contributed by atoms with E-state index in [0.29, 0.717) is 0 Å². The number of fused-ring (bicyclic) bond motifs is 3. The number of hydrazine groups is 1. The second kappa shape index (κ2) is 5.15. The second-order valence-corrected chi connectivity index (χ2v) is 4.94. The number of aromatic nitrogens is 4. The summed E-state index contributed by atoms with van der Waals surface area (Å²) in [6, 6.07) is 5.85. The van der Waals surface area contributed by atoms with E-state index in [1.807, 2.05) is 0 Å². The van der Waals surface area contributed by atoms with Crippen LogP contribution in [0.15, 0.2) is 24.3 Å². The van der Waals surface area contributed by atoms with Crippen molar-refractivity contribution < 1.29 is 30.7 Å². The molecule has 0 aliphatic heterocycles. The molecule has 2 aromatic heterocycles. The Labute approximate surface area is 133 Å². The Balaban J connectivity index is 2.34. The Bertz CT molecular complexity index is 948. The van der Waals surface area contributed by atoms with Crippen molar-refractivity contribution in [2.45, 2.75) is 18.0 Å². The van der Waals surface area contributed by atoms with Crippen LogP contribution in [-0.2, 0) is 5.92 Å². The minimum Gasteiger partial charge on any atom is -0.307 e. The zero-order valence-corrected chi connectivity index (χ0v) is 11.8. The van der Waals surface area contributed by atoms with Crippen molar-refractivity contribution in [3.8, 4) is 0 Å². The molecule has 6 nitrogen and oxygen atoms in total. The maximum Gasteiger partial charge on any atom is 0.460 e. The maximum absolute atomic E-state index is 13.9. The van der Waals surface area contributed by atoms with Crippen LogP contribution in [0.3, 0.4) is 0 Å². The Morgan fingerprint density at radius 2 is 1.52 bits per heavy atom. The third-order valence-corrected chi connectivity index (χ3v) is 3.43. The van der Waals surface area contributed by atoms with Crippen molar-refractivity contribution in [2.75, 3.05) is 5.43 Å². The SMILES string of the molecule is NNc1nn2c(C(F)(F)C(F)(F)C(F)(F)F)nnc2c2ccccc12. The zero-order chi connectivity index (χ0) is 18.6. The molecule has 3 aromatic rings. The van der Waals surface area contributed by atoms with Gasteiger partial charge in [-0.05, 0) is 0 Å². The average Bonchev–Trinajstić information content (AvgIpc) is 2.97. The predicted molar refractivity (Wildman–Crippen MR) is 71.0 cm³/mol. The fraction of sp³-hybridized carbons (Fsp3) is 0.250. The Morgan fingerprint density at radius 1 is 0.920 bits per heavy atom. The molecular weight excluding hydrogens is 361 g/mol. The summed E-state index contributed by atoms with van der Waals surface area (Å²) < 4.78 is 91.7. The number of benzene rings is 1. The first-order valence-corrected chi connectivity index (χ1v) is 6.46.